The summed E-state index contributed by atoms with van der Waals surface area (Å²) in [5.74, 6) is -0.820. The third-order valence-corrected chi connectivity index (χ3v) is 5.00. The van der Waals surface area contributed by atoms with Crippen LogP contribution in [0.25, 0.3) is 0 Å². The largest absolute Gasteiger partial charge is 0.481 e. The van der Waals surface area contributed by atoms with Gasteiger partial charge in [0.2, 0.25) is 0 Å². The van der Waals surface area contributed by atoms with Gasteiger partial charge in [-0.15, -0.1) is 0 Å². The van der Waals surface area contributed by atoms with E-state index in [9.17, 15) is 14.3 Å². The Morgan fingerprint density at radius 2 is 1.95 bits per heavy atom. The van der Waals surface area contributed by atoms with Gasteiger partial charge in [0.1, 0.15) is 5.82 Å². The molecule has 1 aliphatic carbocycles. The van der Waals surface area contributed by atoms with Crippen LogP contribution in [0, 0.1) is 30.0 Å². The lowest BCUT2D eigenvalue weighted by atomic mass is 9.64. The Labute approximate surface area is 126 Å². The van der Waals surface area contributed by atoms with Gasteiger partial charge in [0, 0.05) is 0 Å². The standard InChI is InChI=1S/C18H25FO2/c1-11-9-12(5-8-16(11)19)15-10-13(18(2,3)4)6-7-14(15)17(20)21/h5,8-9,13-15H,6-7,10H2,1-4H3,(H,20,21). The van der Waals surface area contributed by atoms with Crippen molar-refractivity contribution in [3.63, 3.8) is 0 Å². The van der Waals surface area contributed by atoms with Gasteiger partial charge >= 0.3 is 5.97 Å². The van der Waals surface area contributed by atoms with Crippen molar-refractivity contribution in [3.05, 3.63) is 35.1 Å². The molecule has 1 saturated carbocycles. The molecule has 1 fully saturated rings. The van der Waals surface area contributed by atoms with Crippen LogP contribution in [-0.4, -0.2) is 11.1 Å². The quantitative estimate of drug-likeness (QED) is 0.853. The second kappa shape index (κ2) is 5.78. The van der Waals surface area contributed by atoms with E-state index in [1.165, 1.54) is 6.07 Å². The lowest BCUT2D eigenvalue weighted by Gasteiger charge is -2.40. The highest BCUT2D eigenvalue weighted by Gasteiger charge is 2.39. The number of hydrogen-bond donors (Lipinski definition) is 1. The molecule has 1 aromatic carbocycles. The highest BCUT2D eigenvalue weighted by Crippen LogP contribution is 2.47. The van der Waals surface area contributed by atoms with Crippen molar-refractivity contribution in [2.75, 3.05) is 0 Å². The van der Waals surface area contributed by atoms with Crippen LogP contribution in [0.2, 0.25) is 0 Å². The van der Waals surface area contributed by atoms with Crippen LogP contribution >= 0.6 is 0 Å². The van der Waals surface area contributed by atoms with E-state index >= 15 is 0 Å². The summed E-state index contributed by atoms with van der Waals surface area (Å²) < 4.78 is 13.5. The molecule has 1 aromatic rings. The van der Waals surface area contributed by atoms with Gasteiger partial charge in [0.25, 0.3) is 0 Å². The Hall–Kier alpha value is -1.38. The van der Waals surface area contributed by atoms with Crippen LogP contribution in [0.3, 0.4) is 0 Å². The van der Waals surface area contributed by atoms with Gasteiger partial charge in [-0.05, 0) is 60.6 Å². The predicted molar refractivity (Wildman–Crippen MR) is 81.8 cm³/mol. The van der Waals surface area contributed by atoms with Crippen LogP contribution in [0.15, 0.2) is 18.2 Å². The topological polar surface area (TPSA) is 37.3 Å². The predicted octanol–water partition coefficient (Wildman–Crippen LogP) is 4.76. The lowest BCUT2D eigenvalue weighted by Crippen LogP contribution is -2.34. The van der Waals surface area contributed by atoms with Crippen molar-refractivity contribution in [2.24, 2.45) is 17.3 Å². The Morgan fingerprint density at radius 1 is 1.29 bits per heavy atom. The summed E-state index contributed by atoms with van der Waals surface area (Å²) in [6.07, 6.45) is 2.53. The van der Waals surface area contributed by atoms with Gasteiger partial charge in [-0.1, -0.05) is 32.9 Å². The van der Waals surface area contributed by atoms with Crippen LogP contribution in [0.1, 0.15) is 57.1 Å². The number of aryl methyl sites for hydroxylation is 1. The number of hydrogen-bond acceptors (Lipinski definition) is 1. The van der Waals surface area contributed by atoms with Crippen LogP contribution in [0.4, 0.5) is 4.39 Å². The number of carbonyl (C=O) groups is 1. The molecule has 21 heavy (non-hydrogen) atoms. The zero-order chi connectivity index (χ0) is 15.8. The molecule has 2 nitrogen and oxygen atoms in total. The maximum Gasteiger partial charge on any atom is 0.307 e. The molecule has 0 aromatic heterocycles. The van der Waals surface area contributed by atoms with Crippen LogP contribution < -0.4 is 0 Å². The van der Waals surface area contributed by atoms with Gasteiger partial charge in [-0.3, -0.25) is 4.79 Å². The van der Waals surface area contributed by atoms with E-state index in [4.69, 9.17) is 0 Å². The molecule has 0 radical (unpaired) electrons. The van der Waals surface area contributed by atoms with Crippen molar-refractivity contribution in [3.8, 4) is 0 Å². The first-order chi connectivity index (χ1) is 9.70. The fourth-order valence-corrected chi connectivity index (χ4v) is 3.52. The fourth-order valence-electron chi connectivity index (χ4n) is 3.52. The van der Waals surface area contributed by atoms with Crippen LogP contribution in [-0.2, 0) is 4.79 Å². The van der Waals surface area contributed by atoms with Gasteiger partial charge in [-0.2, -0.15) is 0 Å². The van der Waals surface area contributed by atoms with E-state index in [2.05, 4.69) is 20.8 Å². The first-order valence-corrected chi connectivity index (χ1v) is 7.69. The minimum Gasteiger partial charge on any atom is -0.481 e. The molecule has 0 amide bonds. The molecule has 0 saturated heterocycles. The molecule has 3 unspecified atom stereocenters. The third kappa shape index (κ3) is 3.45. The number of carboxylic acid groups (broad SMARTS) is 1. The molecule has 0 heterocycles. The number of halogens is 1. The van der Waals surface area contributed by atoms with E-state index in [0.29, 0.717) is 17.9 Å². The molecular weight excluding hydrogens is 267 g/mol. The van der Waals surface area contributed by atoms with Crippen molar-refractivity contribution in [2.45, 2.75) is 52.9 Å². The van der Waals surface area contributed by atoms with Gasteiger partial charge in [-0.25, -0.2) is 4.39 Å². The van der Waals surface area contributed by atoms with E-state index in [1.54, 1.807) is 13.0 Å². The monoisotopic (exact) mass is 292 g/mol. The summed E-state index contributed by atoms with van der Waals surface area (Å²) in [6, 6.07) is 5.04. The Bertz CT molecular complexity index is 531. The molecule has 1 aliphatic rings. The second-order valence-corrected chi connectivity index (χ2v) is 7.44. The van der Waals surface area contributed by atoms with Crippen molar-refractivity contribution < 1.29 is 14.3 Å². The Morgan fingerprint density at radius 3 is 2.48 bits per heavy atom. The average Bonchev–Trinajstić information content (AvgIpc) is 2.40. The molecule has 1 N–H and O–H groups in total. The number of carboxylic acids is 1. The maximum absolute atomic E-state index is 13.5. The molecular formula is C18H25FO2. The number of rotatable bonds is 2. The van der Waals surface area contributed by atoms with Crippen molar-refractivity contribution in [1.29, 1.82) is 0 Å². The minimum atomic E-state index is -0.727. The van der Waals surface area contributed by atoms with E-state index in [-0.39, 0.29) is 23.1 Å². The lowest BCUT2D eigenvalue weighted by molar-refractivity contribution is -0.144. The summed E-state index contributed by atoms with van der Waals surface area (Å²) in [4.78, 5) is 11.6. The zero-order valence-electron chi connectivity index (χ0n) is 13.3. The average molecular weight is 292 g/mol. The first-order valence-electron chi connectivity index (χ1n) is 7.69. The summed E-state index contributed by atoms with van der Waals surface area (Å²) in [5.41, 5.74) is 1.74. The van der Waals surface area contributed by atoms with Crippen LogP contribution in [0.5, 0.6) is 0 Å². The van der Waals surface area contributed by atoms with Crippen molar-refractivity contribution in [1.82, 2.24) is 0 Å². The SMILES string of the molecule is Cc1cc(C2CC(C(C)(C)C)CCC2C(=O)O)ccc1F. The molecule has 116 valence electrons. The third-order valence-electron chi connectivity index (χ3n) is 5.00. The molecule has 3 atom stereocenters. The normalized spacial score (nSPS) is 26.6. The molecule has 2 rings (SSSR count). The molecule has 0 bridgehead atoms. The summed E-state index contributed by atoms with van der Waals surface area (Å²) in [7, 11) is 0. The van der Waals surface area contributed by atoms with E-state index in [1.807, 2.05) is 6.07 Å². The zero-order valence-corrected chi connectivity index (χ0v) is 13.3. The Balaban J connectivity index is 2.33. The second-order valence-electron chi connectivity index (χ2n) is 7.44. The smallest absolute Gasteiger partial charge is 0.307 e. The summed E-state index contributed by atoms with van der Waals surface area (Å²) in [5, 5.41) is 9.51. The summed E-state index contributed by atoms with van der Waals surface area (Å²) >= 11 is 0. The molecule has 0 spiro atoms. The van der Waals surface area contributed by atoms with Gasteiger partial charge < -0.3 is 5.11 Å². The maximum atomic E-state index is 13.5. The molecule has 0 aliphatic heterocycles. The number of benzene rings is 1. The highest BCUT2D eigenvalue weighted by molar-refractivity contribution is 5.71. The summed E-state index contributed by atoms with van der Waals surface area (Å²) in [6.45, 7) is 8.38. The Kier molecular flexibility index (Phi) is 4.40. The van der Waals surface area contributed by atoms with Gasteiger partial charge in [0.15, 0.2) is 0 Å². The van der Waals surface area contributed by atoms with E-state index in [0.717, 1.165) is 18.4 Å². The highest BCUT2D eigenvalue weighted by atomic mass is 19.1. The fraction of sp³-hybridized carbons (Fsp3) is 0.611. The first kappa shape index (κ1) is 16.0. The van der Waals surface area contributed by atoms with Gasteiger partial charge in [0.05, 0.1) is 5.92 Å². The minimum absolute atomic E-state index is 0.0141. The van der Waals surface area contributed by atoms with Crippen molar-refractivity contribution >= 4 is 5.97 Å². The molecule has 3 heteroatoms. The van der Waals surface area contributed by atoms with E-state index < -0.39 is 5.97 Å². The number of aliphatic carboxylic acids is 1.